The molecular weight excluding hydrogens is 317 g/mol. The summed E-state index contributed by atoms with van der Waals surface area (Å²) >= 11 is 18.4. The van der Waals surface area contributed by atoms with Crippen LogP contribution >= 0.6 is 34.8 Å². The van der Waals surface area contributed by atoms with Crippen LogP contribution in [-0.2, 0) is 0 Å². The third-order valence-electron chi connectivity index (χ3n) is 2.99. The molecule has 0 aliphatic carbocycles. The summed E-state index contributed by atoms with van der Waals surface area (Å²) in [5.74, 6) is 0.544. The fraction of sp³-hybridized carbons (Fsp3) is 0.286. The van der Waals surface area contributed by atoms with Crippen LogP contribution in [0.25, 0.3) is 11.1 Å². The molecule has 0 bridgehead atoms. The maximum atomic E-state index is 6.27. The summed E-state index contributed by atoms with van der Waals surface area (Å²) in [6.07, 6.45) is 0. The quantitative estimate of drug-likeness (QED) is 0.743. The van der Waals surface area contributed by atoms with Crippen molar-refractivity contribution < 1.29 is 0 Å². The molecular formula is C14H14Cl3N3. The fourth-order valence-corrected chi connectivity index (χ4v) is 2.62. The van der Waals surface area contributed by atoms with E-state index in [1.54, 1.807) is 12.1 Å². The van der Waals surface area contributed by atoms with E-state index in [2.05, 4.69) is 9.97 Å². The van der Waals surface area contributed by atoms with Gasteiger partial charge in [-0.05, 0) is 31.5 Å². The molecule has 106 valence electrons. The van der Waals surface area contributed by atoms with Gasteiger partial charge in [0.25, 0.3) is 0 Å². The average molecular weight is 331 g/mol. The van der Waals surface area contributed by atoms with Gasteiger partial charge < -0.3 is 4.90 Å². The van der Waals surface area contributed by atoms with Crippen molar-refractivity contribution in [2.45, 2.75) is 13.8 Å². The number of anilines is 1. The van der Waals surface area contributed by atoms with Crippen molar-refractivity contribution in [1.29, 1.82) is 0 Å². The summed E-state index contributed by atoms with van der Waals surface area (Å²) in [5.41, 5.74) is 1.47. The van der Waals surface area contributed by atoms with Gasteiger partial charge in [0.05, 0.1) is 5.56 Å². The Labute approximate surface area is 133 Å². The molecule has 2 aromatic rings. The van der Waals surface area contributed by atoms with Crippen molar-refractivity contribution in [2.75, 3.05) is 18.0 Å². The van der Waals surface area contributed by atoms with Crippen molar-refractivity contribution in [3.8, 4) is 11.1 Å². The summed E-state index contributed by atoms with van der Waals surface area (Å²) in [6.45, 7) is 5.65. The normalized spacial score (nSPS) is 10.7. The SMILES string of the molecule is CCN(CC)c1nc(Cl)c(-c2ccc(Cl)cc2)c(Cl)n1. The second-order valence-electron chi connectivity index (χ2n) is 4.16. The molecule has 0 radical (unpaired) electrons. The molecule has 1 aromatic carbocycles. The van der Waals surface area contributed by atoms with Crippen molar-refractivity contribution >= 4 is 40.8 Å². The van der Waals surface area contributed by atoms with Crippen LogP contribution in [0.3, 0.4) is 0 Å². The molecule has 0 unspecified atom stereocenters. The highest BCUT2D eigenvalue weighted by Crippen LogP contribution is 2.34. The zero-order chi connectivity index (χ0) is 14.7. The van der Waals surface area contributed by atoms with Gasteiger partial charge in [0.1, 0.15) is 10.3 Å². The molecule has 0 atom stereocenters. The molecule has 0 aliphatic rings. The second kappa shape index (κ2) is 6.61. The Morgan fingerprint density at radius 2 is 1.40 bits per heavy atom. The largest absolute Gasteiger partial charge is 0.341 e. The van der Waals surface area contributed by atoms with Gasteiger partial charge in [0, 0.05) is 18.1 Å². The lowest BCUT2D eigenvalue weighted by Crippen LogP contribution is -2.24. The first-order valence-corrected chi connectivity index (χ1v) is 7.44. The smallest absolute Gasteiger partial charge is 0.228 e. The summed E-state index contributed by atoms with van der Waals surface area (Å²) in [6, 6.07) is 7.25. The van der Waals surface area contributed by atoms with Gasteiger partial charge in [0.15, 0.2) is 0 Å². The first kappa shape index (κ1) is 15.4. The first-order chi connectivity index (χ1) is 9.56. The Kier molecular flexibility index (Phi) is 5.08. The highest BCUT2D eigenvalue weighted by atomic mass is 35.5. The molecule has 0 spiro atoms. The highest BCUT2D eigenvalue weighted by Gasteiger charge is 2.16. The van der Waals surface area contributed by atoms with Gasteiger partial charge in [0.2, 0.25) is 5.95 Å². The van der Waals surface area contributed by atoms with Crippen molar-refractivity contribution in [2.24, 2.45) is 0 Å². The Balaban J connectivity index is 2.48. The Hall–Kier alpha value is -1.03. The van der Waals surface area contributed by atoms with E-state index in [9.17, 15) is 0 Å². The zero-order valence-corrected chi connectivity index (χ0v) is 13.5. The number of rotatable bonds is 4. The second-order valence-corrected chi connectivity index (χ2v) is 5.31. The lowest BCUT2D eigenvalue weighted by Gasteiger charge is -2.19. The van der Waals surface area contributed by atoms with Gasteiger partial charge in [-0.3, -0.25) is 0 Å². The predicted molar refractivity (Wildman–Crippen MR) is 86.1 cm³/mol. The molecule has 0 saturated heterocycles. The van der Waals surface area contributed by atoms with Crippen LogP contribution in [0.15, 0.2) is 24.3 Å². The fourth-order valence-electron chi connectivity index (χ4n) is 1.90. The number of nitrogens with zero attached hydrogens (tertiary/aromatic N) is 3. The molecule has 0 saturated carbocycles. The lowest BCUT2D eigenvalue weighted by atomic mass is 10.1. The molecule has 20 heavy (non-hydrogen) atoms. The molecule has 3 nitrogen and oxygen atoms in total. The van der Waals surface area contributed by atoms with Crippen LogP contribution in [0.5, 0.6) is 0 Å². The maximum Gasteiger partial charge on any atom is 0.228 e. The number of aromatic nitrogens is 2. The van der Waals surface area contributed by atoms with E-state index in [0.717, 1.165) is 18.7 Å². The number of hydrogen-bond acceptors (Lipinski definition) is 3. The molecule has 0 amide bonds. The Morgan fingerprint density at radius 1 is 0.900 bits per heavy atom. The van der Waals surface area contributed by atoms with E-state index < -0.39 is 0 Å². The third-order valence-corrected chi connectivity index (χ3v) is 3.79. The Morgan fingerprint density at radius 3 is 1.85 bits per heavy atom. The van der Waals surface area contributed by atoms with E-state index in [1.807, 2.05) is 30.9 Å². The molecule has 0 fully saturated rings. The van der Waals surface area contributed by atoms with E-state index in [-0.39, 0.29) is 0 Å². The third kappa shape index (κ3) is 3.17. The van der Waals surface area contributed by atoms with Gasteiger partial charge >= 0.3 is 0 Å². The summed E-state index contributed by atoms with van der Waals surface area (Å²) in [7, 11) is 0. The van der Waals surface area contributed by atoms with E-state index in [1.165, 1.54) is 0 Å². The summed E-state index contributed by atoms with van der Waals surface area (Å²) < 4.78 is 0. The van der Waals surface area contributed by atoms with Crippen molar-refractivity contribution in [3.05, 3.63) is 39.6 Å². The van der Waals surface area contributed by atoms with E-state index >= 15 is 0 Å². The molecule has 1 heterocycles. The Bertz CT molecular complexity index is 572. The lowest BCUT2D eigenvalue weighted by molar-refractivity contribution is 0.822. The minimum absolute atomic E-state index is 0.342. The first-order valence-electron chi connectivity index (χ1n) is 6.30. The van der Waals surface area contributed by atoms with Crippen molar-refractivity contribution in [3.63, 3.8) is 0 Å². The molecule has 1 aromatic heterocycles. The molecule has 6 heteroatoms. The topological polar surface area (TPSA) is 29.0 Å². The van der Waals surface area contributed by atoms with Crippen LogP contribution in [0.2, 0.25) is 15.3 Å². The zero-order valence-electron chi connectivity index (χ0n) is 11.2. The standard InChI is InChI=1S/C14H14Cl3N3/c1-3-20(4-2)14-18-12(16)11(13(17)19-14)9-5-7-10(15)8-6-9/h5-8H,3-4H2,1-2H3. The van der Waals surface area contributed by atoms with E-state index in [4.69, 9.17) is 34.8 Å². The van der Waals surface area contributed by atoms with Crippen LogP contribution in [0, 0.1) is 0 Å². The maximum absolute atomic E-state index is 6.27. The number of hydrogen-bond donors (Lipinski definition) is 0. The van der Waals surface area contributed by atoms with Gasteiger partial charge in [-0.25, -0.2) is 9.97 Å². The molecule has 2 rings (SSSR count). The molecule has 0 N–H and O–H groups in total. The van der Waals surface area contributed by atoms with Crippen LogP contribution < -0.4 is 4.90 Å². The average Bonchev–Trinajstić information content (AvgIpc) is 2.41. The van der Waals surface area contributed by atoms with E-state index in [0.29, 0.717) is 26.8 Å². The number of halogens is 3. The molecule has 0 aliphatic heterocycles. The van der Waals surface area contributed by atoms with Gasteiger partial charge in [-0.2, -0.15) is 0 Å². The minimum Gasteiger partial charge on any atom is -0.341 e. The van der Waals surface area contributed by atoms with Gasteiger partial charge in [-0.15, -0.1) is 0 Å². The summed E-state index contributed by atoms with van der Waals surface area (Å²) in [4.78, 5) is 10.7. The predicted octanol–water partition coefficient (Wildman–Crippen LogP) is 4.95. The van der Waals surface area contributed by atoms with Crippen LogP contribution in [0.1, 0.15) is 13.8 Å². The number of benzene rings is 1. The minimum atomic E-state index is 0.342. The van der Waals surface area contributed by atoms with Gasteiger partial charge in [-0.1, -0.05) is 46.9 Å². The van der Waals surface area contributed by atoms with Crippen LogP contribution in [-0.4, -0.2) is 23.1 Å². The highest BCUT2D eigenvalue weighted by molar-refractivity contribution is 6.38. The summed E-state index contributed by atoms with van der Waals surface area (Å²) in [5, 5.41) is 1.34. The monoisotopic (exact) mass is 329 g/mol. The van der Waals surface area contributed by atoms with Crippen molar-refractivity contribution in [1.82, 2.24) is 9.97 Å². The van der Waals surface area contributed by atoms with Crippen LogP contribution in [0.4, 0.5) is 5.95 Å².